The van der Waals surface area contributed by atoms with Gasteiger partial charge in [-0.1, -0.05) is 19.3 Å². The molecule has 0 radical (unpaired) electrons. The van der Waals surface area contributed by atoms with E-state index in [-0.39, 0.29) is 5.91 Å². The van der Waals surface area contributed by atoms with Crippen LogP contribution in [0.15, 0.2) is 0 Å². The molecule has 5 nitrogen and oxygen atoms in total. The Morgan fingerprint density at radius 1 is 1.29 bits per heavy atom. The highest BCUT2D eigenvalue weighted by Crippen LogP contribution is 2.32. The SMILES string of the molecule is CN(CC(=O)N(C)C1(C#N)CCCCC1)C1CCCNC1. The molecule has 1 N–H and O–H groups in total. The highest BCUT2D eigenvalue weighted by molar-refractivity contribution is 5.79. The zero-order chi connectivity index (χ0) is 15.3. The van der Waals surface area contributed by atoms with Crippen molar-refractivity contribution < 1.29 is 4.79 Å². The molecule has 0 aromatic rings. The Bertz CT molecular complexity index is 392. The smallest absolute Gasteiger partial charge is 0.237 e. The van der Waals surface area contributed by atoms with Crippen molar-refractivity contribution in [2.45, 2.75) is 56.5 Å². The van der Waals surface area contributed by atoms with E-state index in [4.69, 9.17) is 0 Å². The molecule has 1 saturated carbocycles. The lowest BCUT2D eigenvalue weighted by molar-refractivity contribution is -0.136. The number of carbonyl (C=O) groups is 1. The van der Waals surface area contributed by atoms with Crippen LogP contribution in [0, 0.1) is 11.3 Å². The van der Waals surface area contributed by atoms with Gasteiger partial charge in [-0.05, 0) is 39.3 Å². The van der Waals surface area contributed by atoms with Gasteiger partial charge in [0, 0.05) is 19.6 Å². The fraction of sp³-hybridized carbons (Fsp3) is 0.875. The van der Waals surface area contributed by atoms with Crippen molar-refractivity contribution in [2.24, 2.45) is 0 Å². The normalized spacial score (nSPS) is 25.3. The Morgan fingerprint density at radius 2 is 2.00 bits per heavy atom. The van der Waals surface area contributed by atoms with E-state index < -0.39 is 5.54 Å². The van der Waals surface area contributed by atoms with Crippen molar-refractivity contribution in [3.8, 4) is 6.07 Å². The number of nitrogens with zero attached hydrogens (tertiary/aromatic N) is 3. The largest absolute Gasteiger partial charge is 0.326 e. The van der Waals surface area contributed by atoms with Crippen molar-refractivity contribution in [3.63, 3.8) is 0 Å². The summed E-state index contributed by atoms with van der Waals surface area (Å²) in [6.07, 6.45) is 7.23. The summed E-state index contributed by atoms with van der Waals surface area (Å²) in [5.74, 6) is 0.0755. The molecule has 1 saturated heterocycles. The van der Waals surface area contributed by atoms with Crippen LogP contribution in [-0.2, 0) is 4.79 Å². The van der Waals surface area contributed by atoms with E-state index >= 15 is 0 Å². The summed E-state index contributed by atoms with van der Waals surface area (Å²) in [5.41, 5.74) is -0.568. The van der Waals surface area contributed by atoms with Crippen LogP contribution in [-0.4, -0.2) is 61.0 Å². The second-order valence-corrected chi connectivity index (χ2v) is 6.57. The van der Waals surface area contributed by atoms with Crippen molar-refractivity contribution in [1.82, 2.24) is 15.1 Å². The maximum absolute atomic E-state index is 12.6. The number of piperidine rings is 1. The molecule has 0 aromatic carbocycles. The van der Waals surface area contributed by atoms with Gasteiger partial charge < -0.3 is 10.2 Å². The first-order valence-electron chi connectivity index (χ1n) is 8.18. The van der Waals surface area contributed by atoms with Gasteiger partial charge in [-0.15, -0.1) is 0 Å². The Morgan fingerprint density at radius 3 is 2.57 bits per heavy atom. The van der Waals surface area contributed by atoms with E-state index in [1.54, 1.807) is 4.90 Å². The minimum absolute atomic E-state index is 0.0755. The van der Waals surface area contributed by atoms with Gasteiger partial charge in [0.25, 0.3) is 0 Å². The average molecular weight is 292 g/mol. The number of hydrogen-bond donors (Lipinski definition) is 1. The van der Waals surface area contributed by atoms with Crippen LogP contribution in [0.3, 0.4) is 0 Å². The summed E-state index contributed by atoms with van der Waals surface area (Å²) >= 11 is 0. The van der Waals surface area contributed by atoms with Crippen molar-refractivity contribution in [3.05, 3.63) is 0 Å². The molecule has 1 atom stereocenters. The lowest BCUT2D eigenvalue weighted by atomic mass is 9.81. The Labute approximate surface area is 128 Å². The minimum Gasteiger partial charge on any atom is -0.326 e. The van der Waals surface area contributed by atoms with Gasteiger partial charge in [0.2, 0.25) is 5.91 Å². The second-order valence-electron chi connectivity index (χ2n) is 6.57. The van der Waals surface area contributed by atoms with E-state index in [0.29, 0.717) is 12.6 Å². The van der Waals surface area contributed by atoms with Crippen LogP contribution in [0.5, 0.6) is 0 Å². The molecule has 0 spiro atoms. The van der Waals surface area contributed by atoms with Gasteiger partial charge in [-0.3, -0.25) is 9.69 Å². The van der Waals surface area contributed by atoms with Crippen LogP contribution in [0.25, 0.3) is 0 Å². The first-order valence-corrected chi connectivity index (χ1v) is 8.18. The Balaban J connectivity index is 1.93. The molecule has 5 heteroatoms. The molecular formula is C16H28N4O. The first-order chi connectivity index (χ1) is 10.1. The van der Waals surface area contributed by atoms with Gasteiger partial charge in [0.15, 0.2) is 0 Å². The summed E-state index contributed by atoms with van der Waals surface area (Å²) < 4.78 is 0. The van der Waals surface area contributed by atoms with Gasteiger partial charge in [0.05, 0.1) is 12.6 Å². The van der Waals surface area contributed by atoms with E-state index in [0.717, 1.165) is 45.2 Å². The average Bonchev–Trinajstić information content (AvgIpc) is 2.55. The molecule has 2 fully saturated rings. The molecule has 1 aliphatic heterocycles. The van der Waals surface area contributed by atoms with Crippen LogP contribution >= 0.6 is 0 Å². The number of nitriles is 1. The number of hydrogen-bond acceptors (Lipinski definition) is 4. The summed E-state index contributed by atoms with van der Waals surface area (Å²) in [4.78, 5) is 16.4. The number of likely N-dealkylation sites (N-methyl/N-ethyl adjacent to an activating group) is 2. The third-order valence-electron chi connectivity index (χ3n) is 5.18. The third kappa shape index (κ3) is 3.75. The van der Waals surface area contributed by atoms with Crippen molar-refractivity contribution >= 4 is 5.91 Å². The zero-order valence-corrected chi connectivity index (χ0v) is 13.4. The van der Waals surface area contributed by atoms with E-state index in [2.05, 4.69) is 16.3 Å². The summed E-state index contributed by atoms with van der Waals surface area (Å²) in [7, 11) is 3.83. The highest BCUT2D eigenvalue weighted by Gasteiger charge is 2.39. The fourth-order valence-electron chi connectivity index (χ4n) is 3.56. The number of amides is 1. The number of rotatable bonds is 4. The molecule has 2 aliphatic rings. The fourth-order valence-corrected chi connectivity index (χ4v) is 3.56. The van der Waals surface area contributed by atoms with Gasteiger partial charge >= 0.3 is 0 Å². The molecule has 1 amide bonds. The third-order valence-corrected chi connectivity index (χ3v) is 5.18. The topological polar surface area (TPSA) is 59.4 Å². The van der Waals surface area contributed by atoms with Gasteiger partial charge in [-0.25, -0.2) is 0 Å². The summed E-state index contributed by atoms with van der Waals surface area (Å²) in [5, 5.41) is 13.0. The van der Waals surface area contributed by atoms with Crippen LogP contribution in [0.1, 0.15) is 44.9 Å². The molecule has 1 aliphatic carbocycles. The Hall–Kier alpha value is -1.12. The molecule has 1 heterocycles. The van der Waals surface area contributed by atoms with E-state index in [1.807, 2.05) is 14.1 Å². The summed E-state index contributed by atoms with van der Waals surface area (Å²) in [6, 6.07) is 2.86. The molecule has 21 heavy (non-hydrogen) atoms. The van der Waals surface area contributed by atoms with Crippen molar-refractivity contribution in [1.29, 1.82) is 5.26 Å². The lowest BCUT2D eigenvalue weighted by Gasteiger charge is -2.40. The van der Waals surface area contributed by atoms with E-state index in [9.17, 15) is 10.1 Å². The Kier molecular flexibility index (Phi) is 5.60. The predicted octanol–water partition coefficient (Wildman–Crippen LogP) is 1.36. The van der Waals surface area contributed by atoms with Crippen LogP contribution in [0.2, 0.25) is 0 Å². The highest BCUT2D eigenvalue weighted by atomic mass is 16.2. The van der Waals surface area contributed by atoms with Gasteiger partial charge in [-0.2, -0.15) is 5.26 Å². The van der Waals surface area contributed by atoms with Crippen LogP contribution < -0.4 is 5.32 Å². The summed E-state index contributed by atoms with van der Waals surface area (Å²) in [6.45, 7) is 2.44. The molecule has 1 unspecified atom stereocenters. The number of carbonyl (C=O) groups excluding carboxylic acids is 1. The van der Waals surface area contributed by atoms with Crippen molar-refractivity contribution in [2.75, 3.05) is 33.7 Å². The standard InChI is InChI=1S/C16H28N4O/c1-19(14-7-6-10-18-11-14)12-15(21)20(2)16(13-17)8-4-3-5-9-16/h14,18H,3-12H2,1-2H3. The lowest BCUT2D eigenvalue weighted by Crippen LogP contribution is -2.54. The molecule has 0 aromatic heterocycles. The first kappa shape index (κ1) is 16.3. The maximum Gasteiger partial charge on any atom is 0.237 e. The van der Waals surface area contributed by atoms with E-state index in [1.165, 1.54) is 12.8 Å². The quantitative estimate of drug-likeness (QED) is 0.850. The second kappa shape index (κ2) is 7.24. The zero-order valence-electron chi connectivity index (χ0n) is 13.4. The maximum atomic E-state index is 12.6. The number of nitrogens with one attached hydrogen (secondary N) is 1. The molecule has 2 rings (SSSR count). The van der Waals surface area contributed by atoms with Gasteiger partial charge in [0.1, 0.15) is 5.54 Å². The molecule has 118 valence electrons. The predicted molar refractivity (Wildman–Crippen MR) is 82.7 cm³/mol. The molecule has 0 bridgehead atoms. The van der Waals surface area contributed by atoms with Crippen LogP contribution in [0.4, 0.5) is 0 Å². The minimum atomic E-state index is -0.568. The monoisotopic (exact) mass is 292 g/mol. The molecular weight excluding hydrogens is 264 g/mol.